The fraction of sp³-hybridized carbons (Fsp3) is 0.692. The van der Waals surface area contributed by atoms with E-state index in [0.29, 0.717) is 39.1 Å². The Morgan fingerprint density at radius 3 is 2.50 bits per heavy atom. The van der Waals surface area contributed by atoms with Crippen molar-refractivity contribution in [3.63, 3.8) is 0 Å². The lowest BCUT2D eigenvalue weighted by Crippen LogP contribution is -2.39. The van der Waals surface area contributed by atoms with Gasteiger partial charge in [0.05, 0.1) is 32.5 Å². The zero-order valence-electron chi connectivity index (χ0n) is 11.5. The molecule has 7 nitrogen and oxygen atoms in total. The van der Waals surface area contributed by atoms with E-state index in [-0.39, 0.29) is 25.7 Å². The van der Waals surface area contributed by atoms with Crippen molar-refractivity contribution in [3.05, 3.63) is 0 Å². The summed E-state index contributed by atoms with van der Waals surface area (Å²) < 4.78 is 15.3. The average molecular weight is 286 g/mol. The van der Waals surface area contributed by atoms with E-state index in [0.717, 1.165) is 0 Å². The molecule has 1 atom stereocenters. The van der Waals surface area contributed by atoms with Crippen LogP contribution >= 0.6 is 0 Å². The highest BCUT2D eigenvalue weighted by atomic mass is 16.5. The van der Waals surface area contributed by atoms with Gasteiger partial charge in [-0.05, 0) is 13.0 Å². The number of carbonyl (C=O) groups is 2. The molecule has 0 aromatic heterocycles. The quantitative estimate of drug-likeness (QED) is 0.248. The molecule has 3 N–H and O–H groups in total. The fourth-order valence-electron chi connectivity index (χ4n) is 1.24. The smallest absolute Gasteiger partial charge is 0.246 e. The van der Waals surface area contributed by atoms with Gasteiger partial charge in [0, 0.05) is 0 Å². The minimum atomic E-state index is -0.555. The average Bonchev–Trinajstić information content (AvgIpc) is 2.45. The second-order valence-corrected chi connectivity index (χ2v) is 3.81. The Morgan fingerprint density at radius 2 is 1.90 bits per heavy atom. The van der Waals surface area contributed by atoms with Gasteiger partial charge in [-0.1, -0.05) is 5.92 Å². The Labute approximate surface area is 119 Å². The summed E-state index contributed by atoms with van der Waals surface area (Å²) in [5.41, 5.74) is 5.30. The first-order valence-electron chi connectivity index (χ1n) is 6.36. The topological polar surface area (TPSA) is 99.9 Å². The van der Waals surface area contributed by atoms with Crippen molar-refractivity contribution in [1.82, 2.24) is 5.32 Å². The van der Waals surface area contributed by atoms with E-state index in [4.69, 9.17) is 26.4 Å². The molecule has 7 heteroatoms. The lowest BCUT2D eigenvalue weighted by molar-refractivity contribution is -0.128. The lowest BCUT2D eigenvalue weighted by Gasteiger charge is -2.11. The molecule has 0 radical (unpaired) electrons. The molecule has 0 fully saturated rings. The number of hydrogen-bond donors (Lipinski definition) is 2. The summed E-state index contributed by atoms with van der Waals surface area (Å²) in [6.07, 6.45) is 6.07. The molecule has 114 valence electrons. The van der Waals surface area contributed by atoms with Gasteiger partial charge in [-0.25, -0.2) is 0 Å². The first-order chi connectivity index (χ1) is 9.74. The molecule has 1 amide bonds. The third-order valence-corrected chi connectivity index (χ3v) is 2.15. The van der Waals surface area contributed by atoms with Crippen LogP contribution in [0.5, 0.6) is 0 Å². The van der Waals surface area contributed by atoms with Gasteiger partial charge in [0.1, 0.15) is 19.5 Å². The molecule has 20 heavy (non-hydrogen) atoms. The van der Waals surface area contributed by atoms with Crippen molar-refractivity contribution in [1.29, 1.82) is 0 Å². The van der Waals surface area contributed by atoms with Gasteiger partial charge >= 0.3 is 0 Å². The van der Waals surface area contributed by atoms with Gasteiger partial charge in [-0.3, -0.25) is 4.79 Å². The van der Waals surface area contributed by atoms with Crippen molar-refractivity contribution >= 4 is 12.2 Å². The number of hydrogen-bond acceptors (Lipinski definition) is 6. The molecule has 0 saturated carbocycles. The van der Waals surface area contributed by atoms with Crippen molar-refractivity contribution in [2.45, 2.75) is 12.5 Å². The van der Waals surface area contributed by atoms with Crippen LogP contribution in [0.1, 0.15) is 6.42 Å². The van der Waals surface area contributed by atoms with Crippen LogP contribution in [0.4, 0.5) is 0 Å². The maximum Gasteiger partial charge on any atom is 0.246 e. The van der Waals surface area contributed by atoms with E-state index in [1.807, 2.05) is 0 Å². The normalized spacial score (nSPS) is 11.6. The van der Waals surface area contributed by atoms with Crippen molar-refractivity contribution in [3.8, 4) is 12.3 Å². The maximum atomic E-state index is 11.4. The predicted molar refractivity (Wildman–Crippen MR) is 73.0 cm³/mol. The second-order valence-electron chi connectivity index (χ2n) is 3.81. The molecule has 0 saturated heterocycles. The SMILES string of the molecule is C#CCOCCOCCOCC(=O)NC(C=O)CCN. The number of rotatable bonds is 13. The van der Waals surface area contributed by atoms with Crippen LogP contribution in [0.3, 0.4) is 0 Å². The second kappa shape index (κ2) is 14.0. The summed E-state index contributed by atoms with van der Waals surface area (Å²) in [4.78, 5) is 22.0. The summed E-state index contributed by atoms with van der Waals surface area (Å²) in [6.45, 7) is 1.95. The van der Waals surface area contributed by atoms with Crippen molar-refractivity contribution < 1.29 is 23.8 Å². The third-order valence-electron chi connectivity index (χ3n) is 2.15. The molecule has 0 spiro atoms. The zero-order chi connectivity index (χ0) is 15.1. The number of nitrogens with two attached hydrogens (primary N) is 1. The molecule has 0 heterocycles. The molecule has 0 aromatic rings. The van der Waals surface area contributed by atoms with E-state index < -0.39 is 6.04 Å². The van der Waals surface area contributed by atoms with E-state index in [2.05, 4.69) is 11.2 Å². The Bertz CT molecular complexity index is 304. The Morgan fingerprint density at radius 1 is 1.25 bits per heavy atom. The summed E-state index contributed by atoms with van der Waals surface area (Å²) in [6, 6.07) is -0.555. The van der Waals surface area contributed by atoms with Crippen LogP contribution in [-0.2, 0) is 23.8 Å². The maximum absolute atomic E-state index is 11.4. The Kier molecular flexibility index (Phi) is 12.9. The summed E-state index contributed by atoms with van der Waals surface area (Å²) in [5, 5.41) is 2.50. The van der Waals surface area contributed by atoms with Crippen LogP contribution in [0, 0.1) is 12.3 Å². The predicted octanol–water partition coefficient (Wildman–Crippen LogP) is -1.30. The number of ether oxygens (including phenoxy) is 3. The van der Waals surface area contributed by atoms with Crippen LogP contribution < -0.4 is 11.1 Å². The molecular formula is C13H22N2O5. The molecule has 0 aliphatic heterocycles. The van der Waals surface area contributed by atoms with E-state index in [1.165, 1.54) is 0 Å². The van der Waals surface area contributed by atoms with Crippen LogP contribution in [-0.4, -0.2) is 64.4 Å². The monoisotopic (exact) mass is 286 g/mol. The lowest BCUT2D eigenvalue weighted by atomic mass is 10.2. The first-order valence-corrected chi connectivity index (χ1v) is 6.36. The highest BCUT2D eigenvalue weighted by Gasteiger charge is 2.09. The number of carbonyl (C=O) groups excluding carboxylic acids is 2. The van der Waals surface area contributed by atoms with Gasteiger partial charge in [-0.2, -0.15) is 0 Å². The van der Waals surface area contributed by atoms with Gasteiger partial charge in [-0.15, -0.1) is 6.42 Å². The summed E-state index contributed by atoms with van der Waals surface area (Å²) >= 11 is 0. The summed E-state index contributed by atoms with van der Waals surface area (Å²) in [5.74, 6) is 1.99. The first kappa shape index (κ1) is 18.5. The number of terminal acetylenes is 1. The Balaban J connectivity index is 3.39. The molecule has 0 bridgehead atoms. The van der Waals surface area contributed by atoms with Gasteiger partial charge < -0.3 is 30.1 Å². The molecular weight excluding hydrogens is 264 g/mol. The minimum absolute atomic E-state index is 0.119. The van der Waals surface area contributed by atoms with E-state index >= 15 is 0 Å². The van der Waals surface area contributed by atoms with Gasteiger partial charge in [0.15, 0.2) is 0 Å². The van der Waals surface area contributed by atoms with Crippen molar-refractivity contribution in [2.24, 2.45) is 5.73 Å². The van der Waals surface area contributed by atoms with Crippen molar-refractivity contribution in [2.75, 3.05) is 46.2 Å². The minimum Gasteiger partial charge on any atom is -0.377 e. The fourth-order valence-corrected chi connectivity index (χ4v) is 1.24. The molecule has 1 unspecified atom stereocenters. The summed E-state index contributed by atoms with van der Waals surface area (Å²) in [7, 11) is 0. The number of aldehydes is 1. The van der Waals surface area contributed by atoms with Gasteiger partial charge in [0.25, 0.3) is 0 Å². The molecule has 0 aliphatic rings. The van der Waals surface area contributed by atoms with E-state index in [1.54, 1.807) is 0 Å². The zero-order valence-corrected chi connectivity index (χ0v) is 11.5. The standard InChI is InChI=1S/C13H22N2O5/c1-2-5-18-6-7-19-8-9-20-11-13(17)15-12(10-16)3-4-14/h1,10,12H,3-9,11,14H2,(H,15,17). The largest absolute Gasteiger partial charge is 0.377 e. The van der Waals surface area contributed by atoms with Crippen LogP contribution in [0.15, 0.2) is 0 Å². The molecule has 0 aliphatic carbocycles. The highest BCUT2D eigenvalue weighted by Crippen LogP contribution is 1.86. The number of amides is 1. The third kappa shape index (κ3) is 11.6. The van der Waals surface area contributed by atoms with Crippen LogP contribution in [0.2, 0.25) is 0 Å². The molecule has 0 aromatic carbocycles. The number of nitrogens with one attached hydrogen (secondary N) is 1. The molecule has 0 rings (SSSR count). The Hall–Kier alpha value is -1.46. The van der Waals surface area contributed by atoms with E-state index in [9.17, 15) is 9.59 Å². The van der Waals surface area contributed by atoms with Crippen LogP contribution in [0.25, 0.3) is 0 Å². The highest BCUT2D eigenvalue weighted by molar-refractivity contribution is 5.80. The van der Waals surface area contributed by atoms with Gasteiger partial charge in [0.2, 0.25) is 5.91 Å².